The molecule has 0 radical (unpaired) electrons. The van der Waals surface area contributed by atoms with E-state index in [2.05, 4.69) is 196 Å². The van der Waals surface area contributed by atoms with Gasteiger partial charge in [-0.3, -0.25) is 0 Å². The van der Waals surface area contributed by atoms with E-state index in [0.29, 0.717) is 0 Å². The molecule has 276 valence electrons. The lowest BCUT2D eigenvalue weighted by molar-refractivity contribution is 0.661. The van der Waals surface area contributed by atoms with E-state index in [-0.39, 0.29) is 5.41 Å². The van der Waals surface area contributed by atoms with Gasteiger partial charge in [-0.05, 0) is 125 Å². The van der Waals surface area contributed by atoms with Crippen molar-refractivity contribution < 1.29 is 0 Å². The van der Waals surface area contributed by atoms with Crippen molar-refractivity contribution >= 4 is 95.3 Å². The molecule has 0 atom stereocenters. The molecule has 12 aromatic rings. The van der Waals surface area contributed by atoms with Crippen LogP contribution in [0.5, 0.6) is 0 Å². The molecule has 0 bridgehead atoms. The first-order valence-corrected chi connectivity index (χ1v) is 22.1. The predicted octanol–water partition coefficient (Wildman–Crippen LogP) is 17.2. The third kappa shape index (κ3) is 4.76. The molecule has 10 aromatic carbocycles. The third-order valence-corrected chi connectivity index (χ3v) is 15.6. The summed E-state index contributed by atoms with van der Waals surface area (Å²) in [5, 5.41) is 13.2. The second kappa shape index (κ2) is 12.2. The first-order chi connectivity index (χ1) is 29.0. The van der Waals surface area contributed by atoms with Gasteiger partial charge in [-0.25, -0.2) is 0 Å². The summed E-state index contributed by atoms with van der Waals surface area (Å²) in [6.07, 6.45) is 0. The van der Waals surface area contributed by atoms with E-state index in [0.717, 1.165) is 0 Å². The number of benzene rings is 10. The zero-order chi connectivity index (χ0) is 39.0. The minimum atomic E-state index is -0.165. The van der Waals surface area contributed by atoms with Crippen LogP contribution in [0.1, 0.15) is 25.0 Å². The summed E-state index contributed by atoms with van der Waals surface area (Å²) in [5.41, 5.74) is 13.0. The molecular formula is C57H36S2. The number of thiophene rings is 2. The largest absolute Gasteiger partial charge is 0.135 e. The van der Waals surface area contributed by atoms with Crippen LogP contribution in [0, 0.1) is 0 Å². The molecule has 59 heavy (non-hydrogen) atoms. The monoisotopic (exact) mass is 784 g/mol. The van der Waals surface area contributed by atoms with E-state index < -0.39 is 0 Å². The summed E-state index contributed by atoms with van der Waals surface area (Å²) in [4.78, 5) is 0. The lowest BCUT2D eigenvalue weighted by Crippen LogP contribution is -2.15. The second-order valence-electron chi connectivity index (χ2n) is 16.8. The van der Waals surface area contributed by atoms with Crippen LogP contribution in [0.2, 0.25) is 0 Å². The van der Waals surface area contributed by atoms with Crippen molar-refractivity contribution in [3.8, 4) is 44.5 Å². The van der Waals surface area contributed by atoms with Crippen LogP contribution in [0.4, 0.5) is 0 Å². The summed E-state index contributed by atoms with van der Waals surface area (Å²) < 4.78 is 5.43. The van der Waals surface area contributed by atoms with E-state index in [1.807, 2.05) is 22.7 Å². The molecule has 0 fully saturated rings. The van der Waals surface area contributed by atoms with Gasteiger partial charge in [0.1, 0.15) is 0 Å². The van der Waals surface area contributed by atoms with Gasteiger partial charge in [-0.2, -0.15) is 0 Å². The van der Waals surface area contributed by atoms with Crippen molar-refractivity contribution in [2.24, 2.45) is 0 Å². The van der Waals surface area contributed by atoms with E-state index in [1.165, 1.54) is 128 Å². The van der Waals surface area contributed by atoms with E-state index >= 15 is 0 Å². The summed E-state index contributed by atoms with van der Waals surface area (Å²) in [7, 11) is 0. The Kier molecular flexibility index (Phi) is 6.92. The Morgan fingerprint density at radius 2 is 0.864 bits per heavy atom. The van der Waals surface area contributed by atoms with Gasteiger partial charge in [-0.1, -0.05) is 153 Å². The van der Waals surface area contributed by atoms with Gasteiger partial charge in [0.25, 0.3) is 0 Å². The molecule has 13 rings (SSSR count). The molecule has 0 saturated heterocycles. The molecule has 2 aromatic heterocycles. The molecule has 0 N–H and O–H groups in total. The van der Waals surface area contributed by atoms with Gasteiger partial charge in [-0.15, -0.1) is 22.7 Å². The Morgan fingerprint density at radius 3 is 1.58 bits per heavy atom. The molecule has 0 saturated carbocycles. The summed E-state index contributed by atoms with van der Waals surface area (Å²) >= 11 is 3.82. The van der Waals surface area contributed by atoms with Crippen LogP contribution >= 0.6 is 22.7 Å². The fourth-order valence-corrected chi connectivity index (χ4v) is 12.7. The van der Waals surface area contributed by atoms with Gasteiger partial charge < -0.3 is 0 Å². The Balaban J connectivity index is 0.926. The highest BCUT2D eigenvalue weighted by Gasteiger charge is 2.36. The van der Waals surface area contributed by atoms with Gasteiger partial charge >= 0.3 is 0 Å². The van der Waals surface area contributed by atoms with Crippen LogP contribution in [-0.2, 0) is 5.41 Å². The predicted molar refractivity (Wildman–Crippen MR) is 259 cm³/mol. The maximum atomic E-state index is 2.49. The minimum absolute atomic E-state index is 0.165. The number of fused-ring (bicyclic) bond motifs is 13. The smallest absolute Gasteiger partial charge is 0.0434 e. The lowest BCUT2D eigenvalue weighted by atomic mass is 9.80. The zero-order valence-corrected chi connectivity index (χ0v) is 34.3. The molecule has 0 aliphatic heterocycles. The third-order valence-electron chi connectivity index (χ3n) is 13.2. The van der Waals surface area contributed by atoms with Crippen LogP contribution < -0.4 is 0 Å². The Labute approximate surface area is 350 Å². The van der Waals surface area contributed by atoms with E-state index in [9.17, 15) is 0 Å². The number of rotatable bonds is 3. The van der Waals surface area contributed by atoms with Crippen molar-refractivity contribution in [2.75, 3.05) is 0 Å². The van der Waals surface area contributed by atoms with Gasteiger partial charge in [0, 0.05) is 51.1 Å². The summed E-state index contributed by atoms with van der Waals surface area (Å²) in [5.74, 6) is 0. The van der Waals surface area contributed by atoms with Crippen molar-refractivity contribution in [3.05, 3.63) is 193 Å². The topological polar surface area (TPSA) is 0 Å². The normalized spacial score (nSPS) is 13.4. The highest BCUT2D eigenvalue weighted by Crippen LogP contribution is 2.53. The standard InChI is InChI=1S/C57H36S2/c1-57(2)49-29-35(34-23-27-52-47(28-34)45-26-21-36-31-53-48(32-46(36)56(45)59-52)40-14-10-11-19-51(40)58-53)20-24-38(49)39-25-22-37(30-50(39)57)55-43-17-8-6-15-41(43)54(33-12-4-3-5-13-33)42-16-7-9-18-44(42)55/h3-32H,1-2H3. The van der Waals surface area contributed by atoms with Crippen LogP contribution in [-0.4, -0.2) is 0 Å². The van der Waals surface area contributed by atoms with E-state index in [4.69, 9.17) is 0 Å². The second-order valence-corrected chi connectivity index (χ2v) is 18.9. The Morgan fingerprint density at radius 1 is 0.322 bits per heavy atom. The fourth-order valence-electron chi connectivity index (χ4n) is 10.4. The SMILES string of the molecule is CC1(C)c2cc(-c3ccc4sc5c6cc7c(cc6ccc5c4c3)sc3ccccc37)ccc2-c2ccc(-c3c4ccccc4c(-c4ccccc4)c4ccccc34)cc21. The van der Waals surface area contributed by atoms with Crippen LogP contribution in [0.15, 0.2) is 182 Å². The minimum Gasteiger partial charge on any atom is -0.135 e. The lowest BCUT2D eigenvalue weighted by Gasteiger charge is -2.23. The first-order valence-electron chi connectivity index (χ1n) is 20.5. The molecule has 0 amide bonds. The molecule has 1 aliphatic rings. The van der Waals surface area contributed by atoms with Gasteiger partial charge in [0.05, 0.1) is 0 Å². The molecule has 2 heterocycles. The molecule has 0 unspecified atom stereocenters. The zero-order valence-electron chi connectivity index (χ0n) is 32.6. The number of hydrogen-bond donors (Lipinski definition) is 0. The van der Waals surface area contributed by atoms with Crippen molar-refractivity contribution in [3.63, 3.8) is 0 Å². The summed E-state index contributed by atoms with van der Waals surface area (Å²) in [6.45, 7) is 4.82. The summed E-state index contributed by atoms with van der Waals surface area (Å²) in [6, 6.07) is 68.6. The van der Waals surface area contributed by atoms with Gasteiger partial charge in [0.15, 0.2) is 0 Å². The maximum Gasteiger partial charge on any atom is 0.0434 e. The highest BCUT2D eigenvalue weighted by molar-refractivity contribution is 7.27. The average Bonchev–Trinajstić information content (AvgIpc) is 3.91. The van der Waals surface area contributed by atoms with Crippen molar-refractivity contribution in [2.45, 2.75) is 19.3 Å². The fraction of sp³-hybridized carbons (Fsp3) is 0.0526. The first kappa shape index (κ1) is 33.4. The highest BCUT2D eigenvalue weighted by atomic mass is 32.1. The average molecular weight is 785 g/mol. The van der Waals surface area contributed by atoms with E-state index in [1.54, 1.807) is 0 Å². The molecule has 0 nitrogen and oxygen atoms in total. The number of hydrogen-bond acceptors (Lipinski definition) is 2. The van der Waals surface area contributed by atoms with Gasteiger partial charge in [0.2, 0.25) is 0 Å². The Bertz CT molecular complexity index is 3690. The van der Waals surface area contributed by atoms with Crippen LogP contribution in [0.3, 0.4) is 0 Å². The quantitative estimate of drug-likeness (QED) is 0.157. The van der Waals surface area contributed by atoms with Crippen molar-refractivity contribution in [1.82, 2.24) is 0 Å². The molecular weight excluding hydrogens is 749 g/mol. The maximum absolute atomic E-state index is 2.49. The van der Waals surface area contributed by atoms with Crippen molar-refractivity contribution in [1.29, 1.82) is 0 Å². The molecule has 0 spiro atoms. The Hall–Kier alpha value is -6.58. The molecule has 1 aliphatic carbocycles. The molecule has 2 heteroatoms. The van der Waals surface area contributed by atoms with Crippen LogP contribution in [0.25, 0.3) is 117 Å².